The highest BCUT2D eigenvalue weighted by molar-refractivity contribution is 7.10. The van der Waals surface area contributed by atoms with E-state index >= 15 is 0 Å². The number of methoxy groups -OCH3 is 1. The molecule has 2 aromatic carbocycles. The number of fused-ring (bicyclic) bond motifs is 1. The minimum atomic E-state index is -0.485. The van der Waals surface area contributed by atoms with E-state index in [2.05, 4.69) is 0 Å². The summed E-state index contributed by atoms with van der Waals surface area (Å²) in [6.07, 6.45) is 0.758. The molecule has 4 rings (SSSR count). The Morgan fingerprint density at radius 1 is 1.14 bits per heavy atom. The summed E-state index contributed by atoms with van der Waals surface area (Å²) in [5, 5.41) is 2.03. The van der Waals surface area contributed by atoms with Gasteiger partial charge in [0.15, 0.2) is 0 Å². The lowest BCUT2D eigenvalue weighted by Crippen LogP contribution is -2.49. The van der Waals surface area contributed by atoms with Gasteiger partial charge in [-0.1, -0.05) is 12.1 Å². The van der Waals surface area contributed by atoms with Gasteiger partial charge in [0.2, 0.25) is 5.91 Å². The third-order valence-corrected chi connectivity index (χ3v) is 7.12. The predicted octanol–water partition coefficient (Wildman–Crippen LogP) is 4.95. The maximum Gasteiger partial charge on any atom is 0.254 e. The molecule has 0 radical (unpaired) electrons. The molecule has 0 bridgehead atoms. The number of hydrogen-bond donors (Lipinski definition) is 0. The van der Waals surface area contributed by atoms with E-state index < -0.39 is 5.82 Å². The van der Waals surface area contributed by atoms with Gasteiger partial charge in [-0.25, -0.2) is 4.39 Å². The second-order valence-corrected chi connectivity index (χ2v) is 9.68. The van der Waals surface area contributed by atoms with Gasteiger partial charge in [0.25, 0.3) is 5.91 Å². The van der Waals surface area contributed by atoms with Gasteiger partial charge in [0, 0.05) is 29.1 Å². The van der Waals surface area contributed by atoms with Crippen LogP contribution in [0.4, 0.5) is 4.39 Å². The highest BCUT2D eigenvalue weighted by Gasteiger charge is 2.34. The van der Waals surface area contributed by atoms with Crippen LogP contribution in [0.2, 0.25) is 0 Å². The summed E-state index contributed by atoms with van der Waals surface area (Å²) in [7, 11) is 1.60. The number of halogens is 1. The summed E-state index contributed by atoms with van der Waals surface area (Å²) in [4.78, 5) is 31.2. The average Bonchev–Trinajstić information content (AvgIpc) is 3.34. The van der Waals surface area contributed by atoms with Gasteiger partial charge in [-0.15, -0.1) is 11.3 Å². The molecule has 2 amide bonds. The maximum absolute atomic E-state index is 13.7. The molecule has 0 N–H and O–H groups in total. The van der Waals surface area contributed by atoms with Gasteiger partial charge in [-0.05, 0) is 67.6 Å². The summed E-state index contributed by atoms with van der Waals surface area (Å²) >= 11 is 1.68. The lowest BCUT2D eigenvalue weighted by atomic mass is 10.00. The van der Waals surface area contributed by atoms with E-state index in [9.17, 15) is 14.0 Å². The normalized spacial score (nSPS) is 15.0. The van der Waals surface area contributed by atoms with Crippen molar-refractivity contribution < 1.29 is 23.5 Å². The zero-order valence-electron chi connectivity index (χ0n) is 20.1. The van der Waals surface area contributed by atoms with Crippen LogP contribution in [-0.2, 0) is 11.2 Å². The molecule has 1 aliphatic heterocycles. The first kappa shape index (κ1) is 24.7. The molecule has 0 unspecified atom stereocenters. The molecule has 3 aromatic rings. The molecule has 0 saturated heterocycles. The second kappa shape index (κ2) is 10.9. The van der Waals surface area contributed by atoms with E-state index in [1.54, 1.807) is 29.4 Å². The first-order valence-electron chi connectivity index (χ1n) is 11.6. The zero-order chi connectivity index (χ0) is 24.9. The van der Waals surface area contributed by atoms with Gasteiger partial charge in [0.1, 0.15) is 30.5 Å². The number of amides is 2. The van der Waals surface area contributed by atoms with Gasteiger partial charge < -0.3 is 19.3 Å². The molecule has 0 aliphatic carbocycles. The summed E-state index contributed by atoms with van der Waals surface area (Å²) in [6, 6.07) is 14.4. The zero-order valence-corrected chi connectivity index (χ0v) is 20.9. The van der Waals surface area contributed by atoms with Crippen molar-refractivity contribution in [1.29, 1.82) is 0 Å². The van der Waals surface area contributed by atoms with E-state index in [0.717, 1.165) is 12.0 Å². The number of hydrogen-bond acceptors (Lipinski definition) is 5. The fourth-order valence-corrected chi connectivity index (χ4v) is 5.18. The van der Waals surface area contributed by atoms with Crippen LogP contribution in [0.25, 0.3) is 0 Å². The van der Waals surface area contributed by atoms with Crippen LogP contribution < -0.4 is 9.47 Å². The monoisotopic (exact) mass is 496 g/mol. The number of thiophene rings is 1. The molecule has 1 aromatic heterocycles. The first-order valence-corrected chi connectivity index (χ1v) is 12.4. The van der Waals surface area contributed by atoms with Gasteiger partial charge >= 0.3 is 0 Å². The largest absolute Gasteiger partial charge is 0.497 e. The topological polar surface area (TPSA) is 59.1 Å². The van der Waals surface area contributed by atoms with Crippen LogP contribution in [0.3, 0.4) is 0 Å². The van der Waals surface area contributed by atoms with Crippen molar-refractivity contribution >= 4 is 23.2 Å². The summed E-state index contributed by atoms with van der Waals surface area (Å²) in [5.41, 5.74) is 1.30. The number of rotatable bonds is 8. The summed E-state index contributed by atoms with van der Waals surface area (Å²) in [5.74, 6) is 0.328. The van der Waals surface area contributed by atoms with Gasteiger partial charge in [-0.2, -0.15) is 0 Å². The van der Waals surface area contributed by atoms with E-state index in [1.165, 1.54) is 28.0 Å². The fourth-order valence-electron chi connectivity index (χ4n) is 4.25. The second-order valence-electron chi connectivity index (χ2n) is 8.68. The third-order valence-electron chi connectivity index (χ3n) is 6.13. The van der Waals surface area contributed by atoms with Crippen molar-refractivity contribution in [2.24, 2.45) is 0 Å². The molecule has 1 aliphatic rings. The summed E-state index contributed by atoms with van der Waals surface area (Å²) in [6.45, 7) is 4.42. The Morgan fingerprint density at radius 2 is 1.91 bits per heavy atom. The molecule has 8 heteroatoms. The predicted molar refractivity (Wildman–Crippen MR) is 134 cm³/mol. The molecule has 184 valence electrons. The number of ether oxygens (including phenoxy) is 2. The SMILES string of the molecule is COc1cccc(OC[C@@H]2c3ccsc3CCN2C(=O)CN(C(=O)c2cccc(F)c2)C(C)C)c1. The minimum Gasteiger partial charge on any atom is -0.497 e. The number of nitrogens with zero attached hydrogens (tertiary/aromatic N) is 2. The molecule has 35 heavy (non-hydrogen) atoms. The number of carbonyl (C=O) groups is 2. The lowest BCUT2D eigenvalue weighted by molar-refractivity contribution is -0.136. The van der Waals surface area contributed by atoms with E-state index in [-0.39, 0.29) is 42.6 Å². The van der Waals surface area contributed by atoms with Crippen molar-refractivity contribution in [2.45, 2.75) is 32.4 Å². The first-order chi connectivity index (χ1) is 16.9. The van der Waals surface area contributed by atoms with Crippen LogP contribution in [0.5, 0.6) is 11.5 Å². The minimum absolute atomic E-state index is 0.0951. The van der Waals surface area contributed by atoms with Crippen LogP contribution in [0.15, 0.2) is 60.0 Å². The highest BCUT2D eigenvalue weighted by atomic mass is 32.1. The molecular formula is C27H29FN2O4S. The molecular weight excluding hydrogens is 467 g/mol. The highest BCUT2D eigenvalue weighted by Crippen LogP contribution is 2.34. The van der Waals surface area contributed by atoms with Crippen LogP contribution in [0.1, 0.15) is 40.7 Å². The Labute approximate surface area is 208 Å². The Bertz CT molecular complexity index is 1200. The smallest absolute Gasteiger partial charge is 0.254 e. The van der Waals surface area contributed by atoms with Crippen LogP contribution >= 0.6 is 11.3 Å². The standard InChI is InChI=1S/C27H29FN2O4S/c1-18(2)30(27(32)19-6-4-7-20(28)14-19)16-26(31)29-12-10-25-23(11-13-35-25)24(29)17-34-22-9-5-8-21(15-22)33-3/h4-9,11,13-15,18,24H,10,12,16-17H2,1-3H3/t24-/m1/s1. The maximum atomic E-state index is 13.7. The van der Waals surface area contributed by atoms with E-state index in [1.807, 2.05) is 49.6 Å². The Hall–Kier alpha value is -3.39. The molecule has 2 heterocycles. The van der Waals surface area contributed by atoms with E-state index in [0.29, 0.717) is 18.0 Å². The Kier molecular flexibility index (Phi) is 7.70. The van der Waals surface area contributed by atoms with Crippen molar-refractivity contribution in [3.63, 3.8) is 0 Å². The van der Waals surface area contributed by atoms with Crippen LogP contribution in [0, 0.1) is 5.82 Å². The number of carbonyl (C=O) groups excluding carboxylic acids is 2. The van der Waals surface area contributed by atoms with Crippen molar-refractivity contribution in [1.82, 2.24) is 9.80 Å². The Balaban J connectivity index is 1.53. The molecule has 0 fully saturated rings. The quantitative estimate of drug-likeness (QED) is 0.443. The van der Waals surface area contributed by atoms with Gasteiger partial charge in [0.05, 0.1) is 13.2 Å². The molecule has 6 nitrogen and oxygen atoms in total. The van der Waals surface area contributed by atoms with Crippen molar-refractivity contribution in [2.75, 3.05) is 26.8 Å². The van der Waals surface area contributed by atoms with E-state index in [4.69, 9.17) is 9.47 Å². The third kappa shape index (κ3) is 5.65. The average molecular weight is 497 g/mol. The summed E-state index contributed by atoms with van der Waals surface area (Å²) < 4.78 is 25.1. The molecule has 0 spiro atoms. The van der Waals surface area contributed by atoms with Crippen LogP contribution in [-0.4, -0.2) is 54.5 Å². The Morgan fingerprint density at radius 3 is 2.66 bits per heavy atom. The lowest BCUT2D eigenvalue weighted by Gasteiger charge is -2.37. The van der Waals surface area contributed by atoms with Crippen molar-refractivity contribution in [3.05, 3.63) is 81.8 Å². The van der Waals surface area contributed by atoms with Gasteiger partial charge in [-0.3, -0.25) is 9.59 Å². The van der Waals surface area contributed by atoms with Crippen molar-refractivity contribution in [3.8, 4) is 11.5 Å². The fraction of sp³-hybridized carbons (Fsp3) is 0.333. The molecule has 1 atom stereocenters. The number of benzene rings is 2. The molecule has 0 saturated carbocycles.